The molecule has 34 heavy (non-hydrogen) atoms. The fourth-order valence-electron chi connectivity index (χ4n) is 6.19. The Bertz CT molecular complexity index is 1060. The fraction of sp³-hybridized carbons (Fsp3) is 0.250. The van der Waals surface area contributed by atoms with Crippen LogP contribution in [0.15, 0.2) is 72.8 Å². The first-order valence-corrected chi connectivity index (χ1v) is 12.1. The summed E-state index contributed by atoms with van der Waals surface area (Å²) < 4.78 is 0. The van der Waals surface area contributed by atoms with Gasteiger partial charge in [-0.2, -0.15) is 21.9 Å². The van der Waals surface area contributed by atoms with E-state index in [9.17, 15) is 0 Å². The molecule has 0 heterocycles. The van der Waals surface area contributed by atoms with Crippen LogP contribution in [0.3, 0.4) is 0 Å². The number of hydrogen-bond donors (Lipinski definition) is 0. The molecule has 0 aliphatic rings. The lowest BCUT2D eigenvalue weighted by Crippen LogP contribution is -2.75. The second-order valence-corrected chi connectivity index (χ2v) is 10.6. The van der Waals surface area contributed by atoms with E-state index < -0.39 is 6.15 Å². The van der Waals surface area contributed by atoms with Gasteiger partial charge in [0.05, 0.1) is 0 Å². The molecular formula is C32H39BO. The lowest BCUT2D eigenvalue weighted by Gasteiger charge is -2.46. The van der Waals surface area contributed by atoms with Crippen LogP contribution in [0.4, 0.5) is 0 Å². The Kier molecular flexibility index (Phi) is 7.24. The third-order valence-electron chi connectivity index (χ3n) is 6.98. The lowest BCUT2D eigenvalue weighted by molar-refractivity contribution is 0.686. The molecule has 0 aliphatic carbocycles. The zero-order valence-corrected chi connectivity index (χ0v) is 22.1. The Morgan fingerprint density at radius 1 is 0.294 bits per heavy atom. The van der Waals surface area contributed by atoms with Gasteiger partial charge in [0.25, 0.3) is 0 Å². The van der Waals surface area contributed by atoms with Crippen molar-refractivity contribution in [3.8, 4) is 0 Å². The van der Waals surface area contributed by atoms with E-state index in [1.807, 2.05) is 0 Å². The molecular weight excluding hydrogens is 411 g/mol. The maximum atomic E-state index is 2.42. The topological polar surface area (TPSA) is 33.0 Å². The molecule has 0 aromatic heterocycles. The predicted molar refractivity (Wildman–Crippen MR) is 153 cm³/mol. The van der Waals surface area contributed by atoms with E-state index in [2.05, 4.69) is 128 Å². The van der Waals surface area contributed by atoms with E-state index in [0.717, 1.165) is 0 Å². The molecule has 0 radical (unpaired) electrons. The standard InChI is InChI=1S/C32H36B.H2O/c1-21-9-22(2)14-29(13-21)33(30-15-23(3)10-24(4)16-30,31-17-25(5)11-26(6)18-31)32-19-27(7)12-28(8)20-32;/h9-20H,1-8H3;1H2/q-1;/p+1. The highest BCUT2D eigenvalue weighted by molar-refractivity contribution is 7.20. The van der Waals surface area contributed by atoms with Crippen LogP contribution in [-0.4, -0.2) is 6.15 Å². The van der Waals surface area contributed by atoms with Crippen LogP contribution >= 0.6 is 0 Å². The van der Waals surface area contributed by atoms with E-state index in [-0.39, 0.29) is 5.48 Å². The molecule has 0 saturated heterocycles. The van der Waals surface area contributed by atoms with Crippen molar-refractivity contribution in [2.45, 2.75) is 55.4 Å². The van der Waals surface area contributed by atoms with Crippen LogP contribution in [0.1, 0.15) is 44.5 Å². The third kappa shape index (κ3) is 4.74. The van der Waals surface area contributed by atoms with Crippen LogP contribution in [0.2, 0.25) is 0 Å². The molecule has 0 spiro atoms. The summed E-state index contributed by atoms with van der Waals surface area (Å²) in [7, 11) is 0. The maximum Gasteiger partial charge on any atom is 0.108 e. The Morgan fingerprint density at radius 2 is 0.441 bits per heavy atom. The normalized spacial score (nSPS) is 11.3. The van der Waals surface area contributed by atoms with Crippen molar-refractivity contribution in [3.05, 3.63) is 117 Å². The summed E-state index contributed by atoms with van der Waals surface area (Å²) in [6.07, 6.45) is -1.37. The average molecular weight is 450 g/mol. The van der Waals surface area contributed by atoms with Gasteiger partial charge in [-0.25, -0.2) is 0 Å². The molecule has 0 bridgehead atoms. The number of rotatable bonds is 4. The van der Waals surface area contributed by atoms with Gasteiger partial charge in [-0.15, -0.1) is 0 Å². The van der Waals surface area contributed by atoms with Gasteiger partial charge in [0.1, 0.15) is 6.15 Å². The molecule has 0 aliphatic heterocycles. The molecule has 4 aromatic carbocycles. The summed E-state index contributed by atoms with van der Waals surface area (Å²) in [4.78, 5) is 0. The summed E-state index contributed by atoms with van der Waals surface area (Å²) in [5.74, 6) is 0. The fourth-order valence-corrected chi connectivity index (χ4v) is 6.19. The smallest absolute Gasteiger partial charge is 0.108 e. The van der Waals surface area contributed by atoms with E-state index in [0.29, 0.717) is 0 Å². The van der Waals surface area contributed by atoms with Crippen molar-refractivity contribution in [1.82, 2.24) is 0 Å². The Labute approximate surface area is 206 Å². The second-order valence-electron chi connectivity index (χ2n) is 10.6. The zero-order chi connectivity index (χ0) is 23.9. The van der Waals surface area contributed by atoms with Gasteiger partial charge in [0.2, 0.25) is 0 Å². The molecule has 4 aromatic rings. The molecule has 176 valence electrons. The summed E-state index contributed by atoms with van der Waals surface area (Å²) in [5.41, 5.74) is 16.1. The SMILES string of the molecule is Cc1cc(C)cc([B-](c2cc(C)cc(C)c2)(c2cc(C)cc(C)c2)c2cc(C)cc(C)c2)c1.[OH3+]. The Morgan fingerprint density at radius 3 is 0.588 bits per heavy atom. The van der Waals surface area contributed by atoms with Gasteiger partial charge in [-0.1, -0.05) is 117 Å². The van der Waals surface area contributed by atoms with Crippen molar-refractivity contribution in [1.29, 1.82) is 0 Å². The van der Waals surface area contributed by atoms with E-state index in [1.165, 1.54) is 66.4 Å². The van der Waals surface area contributed by atoms with E-state index >= 15 is 0 Å². The van der Waals surface area contributed by atoms with Gasteiger partial charge in [-0.05, 0) is 55.4 Å². The minimum absolute atomic E-state index is 0. The number of hydrogen-bond acceptors (Lipinski definition) is 0. The van der Waals surface area contributed by atoms with Crippen LogP contribution in [0.5, 0.6) is 0 Å². The first kappa shape index (κ1) is 25.5. The highest BCUT2D eigenvalue weighted by atomic mass is 16.0. The quantitative estimate of drug-likeness (QED) is 0.322. The molecule has 2 heteroatoms. The van der Waals surface area contributed by atoms with Crippen LogP contribution in [-0.2, 0) is 5.48 Å². The van der Waals surface area contributed by atoms with Gasteiger partial charge in [0.15, 0.2) is 0 Å². The van der Waals surface area contributed by atoms with Gasteiger partial charge in [-0.3, -0.25) is 0 Å². The maximum absolute atomic E-state index is 2.42. The highest BCUT2D eigenvalue weighted by Gasteiger charge is 2.33. The van der Waals surface area contributed by atoms with Crippen LogP contribution in [0, 0.1) is 55.4 Å². The van der Waals surface area contributed by atoms with Crippen molar-refractivity contribution >= 4 is 28.0 Å². The zero-order valence-electron chi connectivity index (χ0n) is 22.1. The first-order valence-electron chi connectivity index (χ1n) is 12.1. The van der Waals surface area contributed by atoms with Crippen molar-refractivity contribution in [3.63, 3.8) is 0 Å². The molecule has 0 saturated carbocycles. The Hall–Kier alpha value is -3.10. The van der Waals surface area contributed by atoms with Crippen LogP contribution in [0.25, 0.3) is 0 Å². The number of aryl methyl sites for hydroxylation is 8. The minimum Gasteiger partial charge on any atom is -0.457 e. The van der Waals surface area contributed by atoms with Gasteiger partial charge >= 0.3 is 0 Å². The summed E-state index contributed by atoms with van der Waals surface area (Å²) in [6, 6.07) is 28.5. The average Bonchev–Trinajstić information content (AvgIpc) is 2.65. The van der Waals surface area contributed by atoms with E-state index in [1.54, 1.807) is 0 Å². The molecule has 0 fully saturated rings. The number of benzene rings is 4. The minimum atomic E-state index is -1.37. The predicted octanol–water partition coefficient (Wildman–Crippen LogP) is 4.61. The first-order chi connectivity index (χ1) is 15.6. The Balaban J connectivity index is 0.00000324. The van der Waals surface area contributed by atoms with Gasteiger partial charge < -0.3 is 5.48 Å². The highest BCUT2D eigenvalue weighted by Crippen LogP contribution is 2.17. The molecule has 3 N–H and O–H groups in total. The summed E-state index contributed by atoms with van der Waals surface area (Å²) >= 11 is 0. The third-order valence-corrected chi connectivity index (χ3v) is 6.98. The lowest BCUT2D eigenvalue weighted by atomic mass is 9.12. The van der Waals surface area contributed by atoms with Crippen molar-refractivity contribution in [2.75, 3.05) is 0 Å². The molecule has 0 amide bonds. The van der Waals surface area contributed by atoms with E-state index in [4.69, 9.17) is 0 Å². The second kappa shape index (κ2) is 9.64. The monoisotopic (exact) mass is 450 g/mol. The van der Waals surface area contributed by atoms with Gasteiger partial charge in [0, 0.05) is 0 Å². The molecule has 0 atom stereocenters. The van der Waals surface area contributed by atoms with Crippen molar-refractivity contribution in [2.24, 2.45) is 0 Å². The summed E-state index contributed by atoms with van der Waals surface area (Å²) in [5, 5.41) is 0. The van der Waals surface area contributed by atoms with Crippen molar-refractivity contribution < 1.29 is 5.48 Å². The molecule has 4 rings (SSSR count). The molecule has 0 unspecified atom stereocenters. The summed E-state index contributed by atoms with van der Waals surface area (Å²) in [6.45, 7) is 17.8. The van der Waals surface area contributed by atoms with Crippen LogP contribution < -0.4 is 21.9 Å². The largest absolute Gasteiger partial charge is 0.457 e. The molecule has 1 nitrogen and oxygen atoms in total.